The van der Waals surface area contributed by atoms with E-state index in [4.69, 9.17) is 0 Å². The van der Waals surface area contributed by atoms with Crippen LogP contribution in [0.5, 0.6) is 0 Å². The number of hydrogen-bond donors (Lipinski definition) is 0. The minimum Gasteiger partial charge on any atom is -0.469 e. The topological polar surface area (TPSA) is 43.4 Å². The van der Waals surface area contributed by atoms with Crippen LogP contribution in [-0.4, -0.2) is 30.4 Å². The van der Waals surface area contributed by atoms with Gasteiger partial charge in [-0.1, -0.05) is 23.8 Å². The Morgan fingerprint density at radius 2 is 2.00 bits per heavy atom. The number of esters is 1. The van der Waals surface area contributed by atoms with Gasteiger partial charge in [0.15, 0.2) is 5.78 Å². The van der Waals surface area contributed by atoms with E-state index in [0.29, 0.717) is 17.9 Å². The maximum atomic E-state index is 12.0. The summed E-state index contributed by atoms with van der Waals surface area (Å²) in [5, 5.41) is 0. The highest BCUT2D eigenvalue weighted by molar-refractivity contribution is 8.00. The fourth-order valence-electron chi connectivity index (χ4n) is 1.63. The van der Waals surface area contributed by atoms with Crippen LogP contribution in [0.1, 0.15) is 27.9 Å². The summed E-state index contributed by atoms with van der Waals surface area (Å²) < 4.78 is 4.54. The summed E-state index contributed by atoms with van der Waals surface area (Å²) in [5.41, 5.74) is 2.93. The van der Waals surface area contributed by atoms with Gasteiger partial charge in [-0.3, -0.25) is 9.59 Å². The molecule has 0 spiro atoms. The summed E-state index contributed by atoms with van der Waals surface area (Å²) in [6, 6.07) is 5.82. The second-order valence-corrected chi connectivity index (χ2v) is 5.23. The lowest BCUT2D eigenvalue weighted by molar-refractivity contribution is -0.140. The molecule has 1 aromatic carbocycles. The van der Waals surface area contributed by atoms with Crippen molar-refractivity contribution in [3.05, 3.63) is 34.9 Å². The average Bonchev–Trinajstić information content (AvgIpc) is 2.34. The molecule has 3 nitrogen and oxygen atoms in total. The number of hydrogen-bond acceptors (Lipinski definition) is 4. The van der Waals surface area contributed by atoms with Gasteiger partial charge in [-0.25, -0.2) is 0 Å². The summed E-state index contributed by atoms with van der Waals surface area (Å²) in [6.45, 7) is 3.95. The van der Waals surface area contributed by atoms with E-state index >= 15 is 0 Å². The molecule has 0 saturated carbocycles. The molecular formula is C14H18O3S. The number of aryl methyl sites for hydroxylation is 2. The Hall–Kier alpha value is -1.29. The molecule has 0 bridgehead atoms. The van der Waals surface area contributed by atoms with Crippen molar-refractivity contribution in [3.8, 4) is 0 Å². The predicted molar refractivity (Wildman–Crippen MR) is 74.2 cm³/mol. The van der Waals surface area contributed by atoms with Crippen molar-refractivity contribution in [1.29, 1.82) is 0 Å². The summed E-state index contributed by atoms with van der Waals surface area (Å²) in [7, 11) is 1.37. The third kappa shape index (κ3) is 4.53. The molecule has 1 rings (SSSR count). The lowest BCUT2D eigenvalue weighted by Gasteiger charge is -2.05. The Kier molecular flexibility index (Phi) is 5.92. The lowest BCUT2D eigenvalue weighted by atomic mass is 10.0. The van der Waals surface area contributed by atoms with Gasteiger partial charge in [-0.05, 0) is 19.4 Å². The average molecular weight is 266 g/mol. The molecule has 0 aliphatic carbocycles. The molecule has 0 atom stereocenters. The van der Waals surface area contributed by atoms with Crippen molar-refractivity contribution in [2.45, 2.75) is 20.3 Å². The Bertz CT molecular complexity index is 441. The number of methoxy groups -OCH3 is 1. The van der Waals surface area contributed by atoms with Crippen LogP contribution in [0, 0.1) is 13.8 Å². The molecule has 0 heterocycles. The number of ether oxygens (including phenoxy) is 1. The molecule has 1 aromatic rings. The summed E-state index contributed by atoms with van der Waals surface area (Å²) in [6.07, 6.45) is 0.349. The summed E-state index contributed by atoms with van der Waals surface area (Å²) >= 11 is 1.46. The number of thioether (sulfide) groups is 1. The van der Waals surface area contributed by atoms with Crippen LogP contribution in [0.25, 0.3) is 0 Å². The quantitative estimate of drug-likeness (QED) is 0.451. The van der Waals surface area contributed by atoms with E-state index in [1.54, 1.807) is 0 Å². The van der Waals surface area contributed by atoms with Gasteiger partial charge in [0.2, 0.25) is 0 Å². The number of carbonyl (C=O) groups is 2. The van der Waals surface area contributed by atoms with Crippen LogP contribution in [0.4, 0.5) is 0 Å². The highest BCUT2D eigenvalue weighted by atomic mass is 32.2. The maximum Gasteiger partial charge on any atom is 0.306 e. The van der Waals surface area contributed by atoms with Crippen LogP contribution >= 0.6 is 11.8 Å². The van der Waals surface area contributed by atoms with Gasteiger partial charge in [0.05, 0.1) is 19.3 Å². The minimum absolute atomic E-state index is 0.113. The molecule has 4 heteroatoms. The van der Waals surface area contributed by atoms with E-state index in [1.165, 1.54) is 18.9 Å². The van der Waals surface area contributed by atoms with Crippen molar-refractivity contribution in [1.82, 2.24) is 0 Å². The van der Waals surface area contributed by atoms with Gasteiger partial charge in [0, 0.05) is 11.3 Å². The molecule has 0 fully saturated rings. The molecule has 0 amide bonds. The molecule has 0 aliphatic rings. The van der Waals surface area contributed by atoms with Gasteiger partial charge >= 0.3 is 5.97 Å². The van der Waals surface area contributed by atoms with Crippen molar-refractivity contribution >= 4 is 23.5 Å². The van der Waals surface area contributed by atoms with Crippen molar-refractivity contribution in [3.63, 3.8) is 0 Å². The smallest absolute Gasteiger partial charge is 0.306 e. The van der Waals surface area contributed by atoms with Gasteiger partial charge in [-0.15, -0.1) is 0 Å². The first kappa shape index (κ1) is 14.8. The Morgan fingerprint density at radius 3 is 2.61 bits per heavy atom. The molecular weight excluding hydrogens is 248 g/mol. The highest BCUT2D eigenvalue weighted by Gasteiger charge is 2.09. The molecule has 0 saturated heterocycles. The zero-order chi connectivity index (χ0) is 13.5. The largest absolute Gasteiger partial charge is 0.469 e. The van der Waals surface area contributed by atoms with E-state index in [2.05, 4.69) is 4.74 Å². The van der Waals surface area contributed by atoms with Gasteiger partial charge in [0.25, 0.3) is 0 Å². The zero-order valence-corrected chi connectivity index (χ0v) is 11.8. The van der Waals surface area contributed by atoms with E-state index in [1.807, 2.05) is 32.0 Å². The van der Waals surface area contributed by atoms with Crippen LogP contribution in [-0.2, 0) is 9.53 Å². The van der Waals surface area contributed by atoms with Gasteiger partial charge in [-0.2, -0.15) is 11.8 Å². The third-order valence-corrected chi connectivity index (χ3v) is 3.55. The molecule has 0 aliphatic heterocycles. The summed E-state index contributed by atoms with van der Waals surface area (Å²) in [5.74, 6) is 0.897. The zero-order valence-electron chi connectivity index (χ0n) is 11.0. The number of carbonyl (C=O) groups excluding carboxylic acids is 2. The van der Waals surface area contributed by atoms with Crippen LogP contribution in [0.3, 0.4) is 0 Å². The van der Waals surface area contributed by atoms with E-state index in [0.717, 1.165) is 16.7 Å². The van der Waals surface area contributed by atoms with E-state index in [9.17, 15) is 9.59 Å². The molecule has 0 unspecified atom stereocenters. The van der Waals surface area contributed by atoms with Crippen LogP contribution in [0.2, 0.25) is 0 Å². The fourth-order valence-corrected chi connectivity index (χ4v) is 2.42. The van der Waals surface area contributed by atoms with Crippen molar-refractivity contribution in [2.24, 2.45) is 0 Å². The van der Waals surface area contributed by atoms with Gasteiger partial charge < -0.3 is 4.74 Å². The molecule has 98 valence electrons. The molecule has 0 aromatic heterocycles. The van der Waals surface area contributed by atoms with Crippen LogP contribution in [0.15, 0.2) is 18.2 Å². The summed E-state index contributed by atoms with van der Waals surface area (Å²) in [4.78, 5) is 22.9. The van der Waals surface area contributed by atoms with Crippen molar-refractivity contribution < 1.29 is 14.3 Å². The minimum atomic E-state index is -0.235. The van der Waals surface area contributed by atoms with Gasteiger partial charge in [0.1, 0.15) is 0 Å². The number of rotatable bonds is 6. The number of benzene rings is 1. The maximum absolute atomic E-state index is 12.0. The predicted octanol–water partition coefficient (Wildman–Crippen LogP) is 2.78. The monoisotopic (exact) mass is 266 g/mol. The molecule has 0 radical (unpaired) electrons. The highest BCUT2D eigenvalue weighted by Crippen LogP contribution is 2.14. The second kappa shape index (κ2) is 7.21. The van der Waals surface area contributed by atoms with Crippen molar-refractivity contribution in [2.75, 3.05) is 18.6 Å². The van der Waals surface area contributed by atoms with E-state index < -0.39 is 0 Å². The molecule has 0 N–H and O–H groups in total. The first-order valence-electron chi connectivity index (χ1n) is 5.79. The molecule has 18 heavy (non-hydrogen) atoms. The fraction of sp³-hybridized carbons (Fsp3) is 0.429. The second-order valence-electron chi connectivity index (χ2n) is 4.12. The normalized spacial score (nSPS) is 10.2. The lowest BCUT2D eigenvalue weighted by Crippen LogP contribution is -2.07. The SMILES string of the molecule is COC(=O)CCSCC(=O)c1ccc(C)cc1C. The Morgan fingerprint density at radius 1 is 1.28 bits per heavy atom. The van der Waals surface area contributed by atoms with E-state index in [-0.39, 0.29) is 11.8 Å². The third-order valence-electron chi connectivity index (χ3n) is 2.59. The Labute approximate surface area is 112 Å². The standard InChI is InChI=1S/C14H18O3S/c1-10-4-5-12(11(2)8-10)13(15)9-18-7-6-14(16)17-3/h4-5,8H,6-7,9H2,1-3H3. The number of ketones is 1. The Balaban J connectivity index is 2.43. The number of Topliss-reactive ketones (excluding diaryl/α,β-unsaturated/α-hetero) is 1. The van der Waals surface area contributed by atoms with Crippen LogP contribution < -0.4 is 0 Å². The first-order valence-corrected chi connectivity index (χ1v) is 6.95. The first-order chi connectivity index (χ1) is 8.54.